The summed E-state index contributed by atoms with van der Waals surface area (Å²) < 4.78 is 0. The van der Waals surface area contributed by atoms with Crippen molar-refractivity contribution in [3.05, 3.63) is 93.9 Å². The number of nitro groups is 1. The second-order valence-corrected chi connectivity index (χ2v) is 5.14. The van der Waals surface area contributed by atoms with Gasteiger partial charge in [0, 0.05) is 6.08 Å². The number of hydrogen-bond acceptors (Lipinski definition) is 3. The summed E-state index contributed by atoms with van der Waals surface area (Å²) in [6, 6.07) is 0. The maximum atomic E-state index is 10.9. The third kappa shape index (κ3) is 6.24. The predicted octanol–water partition coefficient (Wildman–Crippen LogP) is 5.37. The molecule has 1 aliphatic rings. The van der Waals surface area contributed by atoms with E-state index in [1.807, 2.05) is 32.9 Å². The molecule has 0 saturated heterocycles. The van der Waals surface area contributed by atoms with Gasteiger partial charge in [-0.2, -0.15) is 0 Å². The van der Waals surface area contributed by atoms with Gasteiger partial charge < -0.3 is 5.73 Å². The summed E-state index contributed by atoms with van der Waals surface area (Å²) in [5.41, 5.74) is 9.69. The SMILES string of the molecule is C=C/C(C)=C\C=C1/CCC/C(=C/C(=C\N)[N+](=O)[O-])C(=C)C1=C.CC. The molecule has 4 heteroatoms. The van der Waals surface area contributed by atoms with Crippen molar-refractivity contribution in [2.24, 2.45) is 5.73 Å². The molecule has 0 aromatic heterocycles. The van der Waals surface area contributed by atoms with E-state index in [0.29, 0.717) is 6.42 Å². The van der Waals surface area contributed by atoms with E-state index in [2.05, 4.69) is 19.7 Å². The lowest BCUT2D eigenvalue weighted by Crippen LogP contribution is -2.01. The van der Waals surface area contributed by atoms with E-state index in [4.69, 9.17) is 5.73 Å². The molecule has 130 valence electrons. The van der Waals surface area contributed by atoms with E-state index in [1.165, 1.54) is 6.08 Å². The van der Waals surface area contributed by atoms with Crippen LogP contribution in [0.2, 0.25) is 0 Å². The molecule has 0 aromatic carbocycles. The Labute approximate surface area is 145 Å². The molecule has 0 unspecified atom stereocenters. The number of allylic oxidation sites excluding steroid dienone is 9. The predicted molar refractivity (Wildman–Crippen MR) is 103 cm³/mol. The highest BCUT2D eigenvalue weighted by Gasteiger charge is 2.18. The molecule has 24 heavy (non-hydrogen) atoms. The summed E-state index contributed by atoms with van der Waals surface area (Å²) in [5.74, 6) is 0. The molecule has 0 amide bonds. The minimum absolute atomic E-state index is 0.126. The Morgan fingerprint density at radius 2 is 1.75 bits per heavy atom. The Hall–Kier alpha value is -2.62. The van der Waals surface area contributed by atoms with Gasteiger partial charge in [-0.15, -0.1) is 0 Å². The second kappa shape index (κ2) is 11.0. The average molecular weight is 328 g/mol. The molecule has 1 aliphatic carbocycles. The lowest BCUT2D eigenvalue weighted by molar-refractivity contribution is -0.419. The topological polar surface area (TPSA) is 69.2 Å². The molecule has 0 aliphatic heterocycles. The molecule has 0 bridgehead atoms. The molecule has 0 atom stereocenters. The van der Waals surface area contributed by atoms with Crippen LogP contribution in [0.4, 0.5) is 0 Å². The second-order valence-electron chi connectivity index (χ2n) is 5.14. The number of nitrogens with zero attached hydrogens (tertiary/aromatic N) is 1. The van der Waals surface area contributed by atoms with E-state index in [1.54, 1.807) is 6.08 Å². The van der Waals surface area contributed by atoms with Gasteiger partial charge in [0.15, 0.2) is 0 Å². The van der Waals surface area contributed by atoms with Crippen LogP contribution in [0, 0.1) is 10.1 Å². The molecule has 2 N–H and O–H groups in total. The Morgan fingerprint density at radius 3 is 2.25 bits per heavy atom. The highest BCUT2D eigenvalue weighted by Crippen LogP contribution is 2.34. The highest BCUT2D eigenvalue weighted by molar-refractivity contribution is 5.56. The van der Waals surface area contributed by atoms with Gasteiger partial charge in [0.05, 0.1) is 11.1 Å². The molecule has 0 heterocycles. The fraction of sp³-hybridized carbons (Fsp3) is 0.300. The minimum atomic E-state index is -0.499. The highest BCUT2D eigenvalue weighted by atomic mass is 16.6. The zero-order valence-electron chi connectivity index (χ0n) is 15.0. The van der Waals surface area contributed by atoms with Crippen LogP contribution in [0.3, 0.4) is 0 Å². The molecule has 0 aromatic rings. The first-order chi connectivity index (χ1) is 11.4. The Bertz CT molecular complexity index is 632. The van der Waals surface area contributed by atoms with E-state index < -0.39 is 4.92 Å². The zero-order valence-corrected chi connectivity index (χ0v) is 15.0. The van der Waals surface area contributed by atoms with Crippen molar-refractivity contribution in [1.82, 2.24) is 0 Å². The van der Waals surface area contributed by atoms with Crippen molar-refractivity contribution in [2.75, 3.05) is 0 Å². The van der Waals surface area contributed by atoms with Crippen molar-refractivity contribution < 1.29 is 4.92 Å². The molecule has 0 spiro atoms. The maximum Gasteiger partial charge on any atom is 0.284 e. The smallest absolute Gasteiger partial charge is 0.284 e. The standard InChI is InChI=1S/C18H22N2O2.C2H6/c1-5-13(2)9-10-16-7-6-8-17(15(4)14(16)3)11-18(12-19)20(21)22;1-2/h5,9-12H,1,3-4,6-8,19H2,2H3;1-2H3/b13-9-,16-10+,17-11-,18-12+;. The Morgan fingerprint density at radius 1 is 1.21 bits per heavy atom. The maximum absolute atomic E-state index is 10.9. The third-order valence-electron chi connectivity index (χ3n) is 3.60. The number of nitrogens with two attached hydrogens (primary N) is 1. The lowest BCUT2D eigenvalue weighted by Gasteiger charge is -2.10. The Balaban J connectivity index is 0.00000254. The first-order valence-electron chi connectivity index (χ1n) is 8.06. The van der Waals surface area contributed by atoms with E-state index in [9.17, 15) is 10.1 Å². The van der Waals surface area contributed by atoms with Gasteiger partial charge >= 0.3 is 0 Å². The van der Waals surface area contributed by atoms with Crippen LogP contribution in [-0.4, -0.2) is 4.92 Å². The fourth-order valence-corrected chi connectivity index (χ4v) is 2.14. The zero-order chi connectivity index (χ0) is 18.7. The van der Waals surface area contributed by atoms with Gasteiger partial charge in [-0.25, -0.2) is 0 Å². The van der Waals surface area contributed by atoms with Gasteiger partial charge in [0.25, 0.3) is 5.70 Å². The number of rotatable bonds is 4. The number of hydrogen-bond donors (Lipinski definition) is 1. The summed E-state index contributed by atoms with van der Waals surface area (Å²) >= 11 is 0. The molecule has 1 rings (SSSR count). The molecule has 0 radical (unpaired) electrons. The van der Waals surface area contributed by atoms with Crippen LogP contribution < -0.4 is 5.73 Å². The largest absolute Gasteiger partial charge is 0.399 e. The first kappa shape index (κ1) is 21.4. The van der Waals surface area contributed by atoms with E-state index in [-0.39, 0.29) is 5.70 Å². The van der Waals surface area contributed by atoms with Crippen LogP contribution >= 0.6 is 0 Å². The van der Waals surface area contributed by atoms with Crippen LogP contribution in [0.15, 0.2) is 83.8 Å². The van der Waals surface area contributed by atoms with Crippen molar-refractivity contribution >= 4 is 0 Å². The van der Waals surface area contributed by atoms with Crippen LogP contribution in [0.1, 0.15) is 40.0 Å². The normalized spacial score (nSPS) is 19.6. The summed E-state index contributed by atoms with van der Waals surface area (Å²) in [6.07, 6.45) is 10.7. The van der Waals surface area contributed by atoms with Gasteiger partial charge in [0.2, 0.25) is 0 Å². The lowest BCUT2D eigenvalue weighted by atomic mass is 9.95. The van der Waals surface area contributed by atoms with Crippen LogP contribution in [0.5, 0.6) is 0 Å². The average Bonchev–Trinajstić information content (AvgIpc) is 2.72. The molecular weight excluding hydrogens is 300 g/mol. The van der Waals surface area contributed by atoms with Gasteiger partial charge in [0.1, 0.15) is 0 Å². The summed E-state index contributed by atoms with van der Waals surface area (Å²) in [7, 11) is 0. The van der Waals surface area contributed by atoms with Gasteiger partial charge in [-0.1, -0.05) is 57.4 Å². The van der Waals surface area contributed by atoms with Gasteiger partial charge in [-0.05, 0) is 48.5 Å². The molecule has 4 nitrogen and oxygen atoms in total. The third-order valence-corrected chi connectivity index (χ3v) is 3.60. The van der Waals surface area contributed by atoms with Crippen molar-refractivity contribution in [1.29, 1.82) is 0 Å². The summed E-state index contributed by atoms with van der Waals surface area (Å²) in [5, 5.41) is 10.9. The van der Waals surface area contributed by atoms with E-state index in [0.717, 1.165) is 46.9 Å². The molecular formula is C20H28N2O2. The first-order valence-corrected chi connectivity index (χ1v) is 8.06. The fourth-order valence-electron chi connectivity index (χ4n) is 2.14. The van der Waals surface area contributed by atoms with Crippen LogP contribution in [-0.2, 0) is 0 Å². The van der Waals surface area contributed by atoms with Crippen molar-refractivity contribution in [3.8, 4) is 0 Å². The summed E-state index contributed by atoms with van der Waals surface area (Å²) in [6.45, 7) is 17.8. The monoisotopic (exact) mass is 328 g/mol. The van der Waals surface area contributed by atoms with E-state index >= 15 is 0 Å². The molecule has 1 fully saturated rings. The minimum Gasteiger partial charge on any atom is -0.399 e. The van der Waals surface area contributed by atoms with Crippen molar-refractivity contribution in [3.63, 3.8) is 0 Å². The quantitative estimate of drug-likeness (QED) is 0.326. The van der Waals surface area contributed by atoms with Gasteiger partial charge in [-0.3, -0.25) is 10.1 Å². The van der Waals surface area contributed by atoms with Crippen LogP contribution in [0.25, 0.3) is 0 Å². The van der Waals surface area contributed by atoms with Crippen molar-refractivity contribution in [2.45, 2.75) is 40.0 Å². The molecule has 1 saturated carbocycles. The Kier molecular flexibility index (Phi) is 9.80. The summed E-state index contributed by atoms with van der Waals surface area (Å²) in [4.78, 5) is 10.4.